The molecule has 1 saturated heterocycles. The summed E-state index contributed by atoms with van der Waals surface area (Å²) in [5.41, 5.74) is 3.27. The van der Waals surface area contributed by atoms with Gasteiger partial charge in [0, 0.05) is 20.1 Å². The lowest BCUT2D eigenvalue weighted by molar-refractivity contribution is 0.151. The Bertz CT molecular complexity index is 220. The standard InChI is InChI=1S/C9H18N4/c1-11-8(12-10)13-6-5-9(7-13)3-2-4-9/h2-7,10H2,1H3,(H,11,12). The van der Waals surface area contributed by atoms with Crippen LogP contribution in [0, 0.1) is 5.41 Å². The number of hydrogen-bond donors (Lipinski definition) is 2. The van der Waals surface area contributed by atoms with Crippen molar-refractivity contribution in [2.24, 2.45) is 16.3 Å². The predicted octanol–water partition coefficient (Wildman–Crippen LogP) is 0.312. The summed E-state index contributed by atoms with van der Waals surface area (Å²) in [5.74, 6) is 6.23. The third-order valence-electron chi connectivity index (χ3n) is 3.49. The molecule has 4 nitrogen and oxygen atoms in total. The lowest BCUT2D eigenvalue weighted by Crippen LogP contribution is -2.45. The Labute approximate surface area is 79.2 Å². The molecule has 0 amide bonds. The van der Waals surface area contributed by atoms with Crippen LogP contribution in [0.4, 0.5) is 0 Å². The van der Waals surface area contributed by atoms with Gasteiger partial charge in [-0.25, -0.2) is 5.84 Å². The molecule has 0 aromatic carbocycles. The van der Waals surface area contributed by atoms with E-state index in [1.165, 1.54) is 25.7 Å². The van der Waals surface area contributed by atoms with Crippen molar-refractivity contribution in [2.45, 2.75) is 25.7 Å². The van der Waals surface area contributed by atoms with Crippen molar-refractivity contribution in [1.29, 1.82) is 0 Å². The van der Waals surface area contributed by atoms with Gasteiger partial charge < -0.3 is 4.90 Å². The molecular weight excluding hydrogens is 164 g/mol. The minimum absolute atomic E-state index is 0.618. The number of nitrogens with one attached hydrogen (secondary N) is 1. The Morgan fingerprint density at radius 3 is 2.62 bits per heavy atom. The van der Waals surface area contributed by atoms with Gasteiger partial charge in [-0.05, 0) is 24.7 Å². The molecule has 0 atom stereocenters. The highest BCUT2D eigenvalue weighted by atomic mass is 15.4. The van der Waals surface area contributed by atoms with Crippen molar-refractivity contribution in [3.63, 3.8) is 0 Å². The van der Waals surface area contributed by atoms with Crippen molar-refractivity contribution in [3.05, 3.63) is 0 Å². The maximum atomic E-state index is 5.39. The van der Waals surface area contributed by atoms with Crippen LogP contribution in [-0.4, -0.2) is 31.0 Å². The molecule has 1 aliphatic heterocycles. The van der Waals surface area contributed by atoms with E-state index in [-0.39, 0.29) is 0 Å². The molecule has 0 aromatic rings. The molecule has 1 aliphatic carbocycles. The highest BCUT2D eigenvalue weighted by molar-refractivity contribution is 5.79. The van der Waals surface area contributed by atoms with Crippen molar-refractivity contribution < 1.29 is 0 Å². The van der Waals surface area contributed by atoms with Gasteiger partial charge in [-0.3, -0.25) is 10.4 Å². The molecule has 0 unspecified atom stereocenters. The molecule has 2 rings (SSSR count). The van der Waals surface area contributed by atoms with Gasteiger partial charge in [-0.15, -0.1) is 0 Å². The fourth-order valence-corrected chi connectivity index (χ4v) is 2.50. The van der Waals surface area contributed by atoms with Crippen LogP contribution in [-0.2, 0) is 0 Å². The number of hydrazine groups is 1. The van der Waals surface area contributed by atoms with Crippen LogP contribution in [0.1, 0.15) is 25.7 Å². The minimum Gasteiger partial charge on any atom is -0.341 e. The molecular formula is C9H18N4. The first-order valence-electron chi connectivity index (χ1n) is 4.98. The quantitative estimate of drug-likeness (QED) is 0.245. The predicted molar refractivity (Wildman–Crippen MR) is 53.2 cm³/mol. The second kappa shape index (κ2) is 3.18. The zero-order valence-corrected chi connectivity index (χ0v) is 8.21. The molecule has 0 bridgehead atoms. The molecule has 4 heteroatoms. The van der Waals surface area contributed by atoms with Gasteiger partial charge in [0.15, 0.2) is 0 Å². The summed E-state index contributed by atoms with van der Waals surface area (Å²) < 4.78 is 0. The zero-order valence-electron chi connectivity index (χ0n) is 8.21. The lowest BCUT2D eigenvalue weighted by atomic mass is 9.68. The molecule has 3 N–H and O–H groups in total. The van der Waals surface area contributed by atoms with E-state index in [9.17, 15) is 0 Å². The molecule has 1 spiro atoms. The lowest BCUT2D eigenvalue weighted by Gasteiger charge is -2.38. The van der Waals surface area contributed by atoms with Crippen LogP contribution in [0.25, 0.3) is 0 Å². The highest BCUT2D eigenvalue weighted by Gasteiger charge is 2.43. The number of aliphatic imine (C=N–C) groups is 1. The van der Waals surface area contributed by atoms with E-state index >= 15 is 0 Å². The fourth-order valence-electron chi connectivity index (χ4n) is 2.50. The van der Waals surface area contributed by atoms with Crippen LogP contribution >= 0.6 is 0 Å². The maximum absolute atomic E-state index is 5.39. The van der Waals surface area contributed by atoms with E-state index in [1.807, 2.05) is 0 Å². The number of nitrogens with two attached hydrogens (primary N) is 1. The third-order valence-corrected chi connectivity index (χ3v) is 3.49. The number of guanidine groups is 1. The molecule has 1 saturated carbocycles. The van der Waals surface area contributed by atoms with Crippen molar-refractivity contribution in [3.8, 4) is 0 Å². The molecule has 1 heterocycles. The van der Waals surface area contributed by atoms with Crippen LogP contribution < -0.4 is 11.3 Å². The Balaban J connectivity index is 1.97. The molecule has 13 heavy (non-hydrogen) atoms. The number of likely N-dealkylation sites (tertiary alicyclic amines) is 1. The Morgan fingerprint density at radius 2 is 2.23 bits per heavy atom. The molecule has 2 fully saturated rings. The average Bonchev–Trinajstić information content (AvgIpc) is 2.51. The number of rotatable bonds is 0. The normalized spacial score (nSPS) is 26.3. The van der Waals surface area contributed by atoms with Crippen LogP contribution in [0.5, 0.6) is 0 Å². The monoisotopic (exact) mass is 182 g/mol. The fraction of sp³-hybridized carbons (Fsp3) is 0.889. The summed E-state index contributed by atoms with van der Waals surface area (Å²) >= 11 is 0. The zero-order chi connectivity index (χ0) is 9.31. The Hall–Kier alpha value is -0.770. The topological polar surface area (TPSA) is 53.6 Å². The van der Waals surface area contributed by atoms with E-state index < -0.39 is 0 Å². The third kappa shape index (κ3) is 1.39. The van der Waals surface area contributed by atoms with Gasteiger partial charge in [-0.2, -0.15) is 0 Å². The number of nitrogens with zero attached hydrogens (tertiary/aromatic N) is 2. The second-order valence-electron chi connectivity index (χ2n) is 4.22. The van der Waals surface area contributed by atoms with E-state index in [1.54, 1.807) is 7.05 Å². The average molecular weight is 182 g/mol. The Morgan fingerprint density at radius 1 is 1.46 bits per heavy atom. The van der Waals surface area contributed by atoms with E-state index in [0.29, 0.717) is 5.41 Å². The number of hydrogen-bond acceptors (Lipinski definition) is 2. The van der Waals surface area contributed by atoms with E-state index in [2.05, 4.69) is 15.3 Å². The summed E-state index contributed by atoms with van der Waals surface area (Å²) in [5, 5.41) is 0. The molecule has 74 valence electrons. The SMILES string of the molecule is CN=C(NN)N1CCC2(CCC2)C1. The van der Waals surface area contributed by atoms with Gasteiger partial charge >= 0.3 is 0 Å². The van der Waals surface area contributed by atoms with Crippen molar-refractivity contribution >= 4 is 5.96 Å². The van der Waals surface area contributed by atoms with Gasteiger partial charge in [0.05, 0.1) is 0 Å². The van der Waals surface area contributed by atoms with Crippen molar-refractivity contribution in [1.82, 2.24) is 10.3 Å². The van der Waals surface area contributed by atoms with E-state index in [0.717, 1.165) is 19.0 Å². The van der Waals surface area contributed by atoms with Gasteiger partial charge in [0.1, 0.15) is 0 Å². The van der Waals surface area contributed by atoms with Gasteiger partial charge in [0.25, 0.3) is 0 Å². The summed E-state index contributed by atoms with van der Waals surface area (Å²) in [6, 6.07) is 0. The molecule has 0 radical (unpaired) electrons. The van der Waals surface area contributed by atoms with Crippen LogP contribution in [0.15, 0.2) is 4.99 Å². The highest BCUT2D eigenvalue weighted by Crippen LogP contribution is 2.47. The summed E-state index contributed by atoms with van der Waals surface area (Å²) in [6.45, 7) is 2.25. The summed E-state index contributed by atoms with van der Waals surface area (Å²) in [7, 11) is 1.78. The minimum atomic E-state index is 0.618. The second-order valence-corrected chi connectivity index (χ2v) is 4.22. The van der Waals surface area contributed by atoms with Gasteiger partial charge in [-0.1, -0.05) is 6.42 Å². The first-order chi connectivity index (χ1) is 6.29. The van der Waals surface area contributed by atoms with E-state index in [4.69, 9.17) is 5.84 Å². The first kappa shape index (κ1) is 8.81. The maximum Gasteiger partial charge on any atom is 0.208 e. The van der Waals surface area contributed by atoms with Gasteiger partial charge in [0.2, 0.25) is 5.96 Å². The summed E-state index contributed by atoms with van der Waals surface area (Å²) in [4.78, 5) is 6.38. The first-order valence-corrected chi connectivity index (χ1v) is 4.98. The molecule has 2 aliphatic rings. The van der Waals surface area contributed by atoms with Crippen LogP contribution in [0.3, 0.4) is 0 Å². The van der Waals surface area contributed by atoms with Crippen molar-refractivity contribution in [2.75, 3.05) is 20.1 Å². The largest absolute Gasteiger partial charge is 0.341 e. The molecule has 0 aromatic heterocycles. The van der Waals surface area contributed by atoms with Crippen LogP contribution in [0.2, 0.25) is 0 Å². The summed E-state index contributed by atoms with van der Waals surface area (Å²) in [6.07, 6.45) is 5.51. The smallest absolute Gasteiger partial charge is 0.208 e. The Kier molecular flexibility index (Phi) is 2.15.